The van der Waals surface area contributed by atoms with Gasteiger partial charge in [0, 0.05) is 18.0 Å². The van der Waals surface area contributed by atoms with Crippen molar-refractivity contribution in [2.45, 2.75) is 44.7 Å². The Labute approximate surface area is 155 Å². The van der Waals surface area contributed by atoms with E-state index in [-0.39, 0.29) is 16.8 Å². The third kappa shape index (κ3) is 4.85. The zero-order chi connectivity index (χ0) is 19.5. The molecule has 26 heavy (non-hydrogen) atoms. The molecule has 0 saturated heterocycles. The molecule has 2 rings (SSSR count). The average Bonchev–Trinajstić information content (AvgIpc) is 2.54. The number of benzene rings is 2. The van der Waals surface area contributed by atoms with Crippen LogP contribution in [0.2, 0.25) is 0 Å². The Hall–Kier alpha value is -2.34. The van der Waals surface area contributed by atoms with Gasteiger partial charge in [0.2, 0.25) is 0 Å². The lowest BCUT2D eigenvalue weighted by Gasteiger charge is -2.29. The van der Waals surface area contributed by atoms with Crippen LogP contribution in [0.1, 0.15) is 26.3 Å². The molecule has 140 valence electrons. The van der Waals surface area contributed by atoms with E-state index in [1.165, 1.54) is 12.1 Å². The Kier molecular flexibility index (Phi) is 6.08. The Balaban J connectivity index is 2.24. The summed E-state index contributed by atoms with van der Waals surface area (Å²) in [4.78, 5) is 14.8. The van der Waals surface area contributed by atoms with Crippen molar-refractivity contribution in [2.24, 2.45) is 0 Å². The second-order valence-electron chi connectivity index (χ2n) is 6.64. The van der Waals surface area contributed by atoms with Crippen molar-refractivity contribution in [3.05, 3.63) is 54.1 Å². The number of sulfone groups is 1. The quantitative estimate of drug-likeness (QED) is 0.774. The Morgan fingerprint density at radius 2 is 1.65 bits per heavy atom. The smallest absolute Gasteiger partial charge is 0.267 e. The number of carbonyl (C=O) groups is 1. The highest BCUT2D eigenvalue weighted by atomic mass is 32.2. The normalized spacial score (nSPS) is 12.7. The van der Waals surface area contributed by atoms with Crippen molar-refractivity contribution >= 4 is 21.4 Å². The van der Waals surface area contributed by atoms with Crippen LogP contribution in [-0.2, 0) is 14.6 Å². The van der Waals surface area contributed by atoms with E-state index < -0.39 is 15.9 Å². The minimum Gasteiger partial charge on any atom is -0.481 e. The van der Waals surface area contributed by atoms with E-state index in [0.29, 0.717) is 11.4 Å². The number of ether oxygens (including phenoxy) is 1. The molecule has 0 heterocycles. The molecule has 0 aliphatic carbocycles. The van der Waals surface area contributed by atoms with Crippen molar-refractivity contribution in [3.8, 4) is 5.75 Å². The van der Waals surface area contributed by atoms with E-state index in [9.17, 15) is 13.2 Å². The predicted molar refractivity (Wildman–Crippen MR) is 103 cm³/mol. The minimum atomic E-state index is -3.28. The van der Waals surface area contributed by atoms with Crippen LogP contribution in [0.4, 0.5) is 5.69 Å². The molecule has 1 amide bonds. The van der Waals surface area contributed by atoms with Gasteiger partial charge in [-0.05, 0) is 69.7 Å². The standard InChI is InChI=1S/C20H25NO4S/c1-14(2)21(17-9-11-19(12-10-17)26(5,23)24)20(22)16(4)25-18-8-6-7-15(3)13-18/h6-14,16H,1-5H3. The molecule has 2 aromatic rings. The number of nitrogens with zero attached hydrogens (tertiary/aromatic N) is 1. The first-order valence-electron chi connectivity index (χ1n) is 8.46. The summed E-state index contributed by atoms with van der Waals surface area (Å²) in [6.45, 7) is 7.48. The third-order valence-corrected chi connectivity index (χ3v) is 5.08. The maximum absolute atomic E-state index is 12.9. The maximum Gasteiger partial charge on any atom is 0.267 e. The van der Waals surface area contributed by atoms with Crippen LogP contribution in [0.25, 0.3) is 0 Å². The maximum atomic E-state index is 12.9. The van der Waals surface area contributed by atoms with Crippen LogP contribution in [0.3, 0.4) is 0 Å². The number of aryl methyl sites for hydroxylation is 1. The molecule has 0 saturated carbocycles. The second kappa shape index (κ2) is 7.91. The lowest BCUT2D eigenvalue weighted by atomic mass is 10.2. The van der Waals surface area contributed by atoms with E-state index >= 15 is 0 Å². The summed E-state index contributed by atoms with van der Waals surface area (Å²) in [5.41, 5.74) is 1.69. The van der Waals surface area contributed by atoms with Crippen LogP contribution in [0, 0.1) is 6.92 Å². The Morgan fingerprint density at radius 3 is 2.15 bits per heavy atom. The van der Waals surface area contributed by atoms with Crippen molar-refractivity contribution in [1.29, 1.82) is 0 Å². The highest BCUT2D eigenvalue weighted by Crippen LogP contribution is 2.22. The van der Waals surface area contributed by atoms with E-state index in [0.717, 1.165) is 11.8 Å². The Morgan fingerprint density at radius 1 is 1.04 bits per heavy atom. The summed E-state index contributed by atoms with van der Waals surface area (Å²) in [6, 6.07) is 13.8. The first kappa shape index (κ1) is 20.0. The molecule has 6 heteroatoms. The fourth-order valence-corrected chi connectivity index (χ4v) is 3.30. The number of carbonyl (C=O) groups excluding carboxylic acids is 1. The summed E-state index contributed by atoms with van der Waals surface area (Å²) in [5, 5.41) is 0. The van der Waals surface area contributed by atoms with Gasteiger partial charge < -0.3 is 9.64 Å². The minimum absolute atomic E-state index is 0.102. The molecule has 0 radical (unpaired) electrons. The molecular weight excluding hydrogens is 350 g/mol. The van der Waals surface area contributed by atoms with Crippen LogP contribution in [-0.4, -0.2) is 32.7 Å². The van der Waals surface area contributed by atoms with E-state index in [4.69, 9.17) is 4.74 Å². The molecule has 0 N–H and O–H groups in total. The van der Waals surface area contributed by atoms with Gasteiger partial charge in [-0.25, -0.2) is 8.42 Å². The lowest BCUT2D eigenvalue weighted by Crippen LogP contribution is -2.44. The molecule has 5 nitrogen and oxygen atoms in total. The lowest BCUT2D eigenvalue weighted by molar-refractivity contribution is -0.125. The van der Waals surface area contributed by atoms with E-state index in [1.807, 2.05) is 45.0 Å². The molecule has 0 spiro atoms. The second-order valence-corrected chi connectivity index (χ2v) is 8.66. The van der Waals surface area contributed by atoms with E-state index in [1.54, 1.807) is 24.0 Å². The number of anilines is 1. The summed E-state index contributed by atoms with van der Waals surface area (Å²) in [7, 11) is -3.28. The number of rotatable bonds is 6. The first-order chi connectivity index (χ1) is 12.1. The topological polar surface area (TPSA) is 63.7 Å². The molecule has 0 aliphatic rings. The van der Waals surface area contributed by atoms with Gasteiger partial charge in [0.1, 0.15) is 5.75 Å². The highest BCUT2D eigenvalue weighted by Gasteiger charge is 2.26. The molecule has 1 unspecified atom stereocenters. The molecular formula is C20H25NO4S. The number of hydrogen-bond donors (Lipinski definition) is 0. The van der Waals surface area contributed by atoms with Gasteiger partial charge in [0.05, 0.1) is 4.90 Å². The monoisotopic (exact) mass is 375 g/mol. The first-order valence-corrected chi connectivity index (χ1v) is 10.3. The fourth-order valence-electron chi connectivity index (χ4n) is 2.67. The SMILES string of the molecule is Cc1cccc(OC(C)C(=O)N(c2ccc(S(C)(=O)=O)cc2)C(C)C)c1. The summed E-state index contributed by atoms with van der Waals surface area (Å²) in [5.74, 6) is 0.454. The zero-order valence-electron chi connectivity index (χ0n) is 15.8. The zero-order valence-corrected chi connectivity index (χ0v) is 16.6. The van der Waals surface area contributed by atoms with Crippen LogP contribution in [0.15, 0.2) is 53.4 Å². The predicted octanol–water partition coefficient (Wildman–Crippen LogP) is 3.61. The van der Waals surface area contributed by atoms with E-state index in [2.05, 4.69) is 0 Å². The largest absolute Gasteiger partial charge is 0.481 e. The van der Waals surface area contributed by atoms with Crippen molar-refractivity contribution in [3.63, 3.8) is 0 Å². The van der Waals surface area contributed by atoms with Crippen molar-refractivity contribution < 1.29 is 17.9 Å². The molecule has 1 atom stereocenters. The van der Waals surface area contributed by atoms with Gasteiger partial charge in [0.15, 0.2) is 15.9 Å². The van der Waals surface area contributed by atoms with Crippen LogP contribution in [0.5, 0.6) is 5.75 Å². The number of hydrogen-bond acceptors (Lipinski definition) is 4. The molecule has 0 aliphatic heterocycles. The van der Waals surface area contributed by atoms with Gasteiger partial charge >= 0.3 is 0 Å². The van der Waals surface area contributed by atoms with Gasteiger partial charge in [-0.1, -0.05) is 12.1 Å². The highest BCUT2D eigenvalue weighted by molar-refractivity contribution is 7.90. The summed E-state index contributed by atoms with van der Waals surface area (Å²) < 4.78 is 29.0. The molecule has 2 aromatic carbocycles. The number of amides is 1. The van der Waals surface area contributed by atoms with Gasteiger partial charge in [0.25, 0.3) is 5.91 Å². The van der Waals surface area contributed by atoms with Gasteiger partial charge in [-0.2, -0.15) is 0 Å². The van der Waals surface area contributed by atoms with Crippen molar-refractivity contribution in [2.75, 3.05) is 11.2 Å². The summed E-state index contributed by atoms with van der Waals surface area (Å²) in [6.07, 6.45) is 0.485. The van der Waals surface area contributed by atoms with Gasteiger partial charge in [-0.15, -0.1) is 0 Å². The Bertz CT molecular complexity index is 873. The molecule has 0 fully saturated rings. The fraction of sp³-hybridized carbons (Fsp3) is 0.350. The average molecular weight is 375 g/mol. The van der Waals surface area contributed by atoms with Gasteiger partial charge in [-0.3, -0.25) is 4.79 Å². The molecule has 0 bridgehead atoms. The van der Waals surface area contributed by atoms with Crippen LogP contribution < -0.4 is 9.64 Å². The third-order valence-electron chi connectivity index (χ3n) is 3.95. The van der Waals surface area contributed by atoms with Crippen molar-refractivity contribution in [1.82, 2.24) is 0 Å². The van der Waals surface area contributed by atoms with Crippen LogP contribution >= 0.6 is 0 Å². The summed E-state index contributed by atoms with van der Waals surface area (Å²) >= 11 is 0. The molecule has 0 aromatic heterocycles.